The zero-order valence-electron chi connectivity index (χ0n) is 23.4. The monoisotopic (exact) mass is 521 g/mol. The van der Waals surface area contributed by atoms with E-state index in [4.69, 9.17) is 19.9 Å². The predicted molar refractivity (Wildman–Crippen MR) is 137 cm³/mol. The lowest BCUT2D eigenvalue weighted by Crippen LogP contribution is -2.70. The van der Waals surface area contributed by atoms with Gasteiger partial charge >= 0.3 is 17.9 Å². The minimum atomic E-state index is -0.688. The van der Waals surface area contributed by atoms with E-state index in [9.17, 15) is 19.5 Å². The van der Waals surface area contributed by atoms with E-state index in [-0.39, 0.29) is 71.0 Å². The van der Waals surface area contributed by atoms with E-state index in [1.54, 1.807) is 0 Å². The third-order valence-electron chi connectivity index (χ3n) is 11.2. The van der Waals surface area contributed by atoms with Gasteiger partial charge in [0.1, 0.15) is 12.2 Å². The number of fused-ring (bicyclic) bond motifs is 5. The molecule has 0 amide bonds. The van der Waals surface area contributed by atoms with Gasteiger partial charge in [0.25, 0.3) is 0 Å². The number of aliphatic hydroxyl groups excluding tert-OH is 1. The van der Waals surface area contributed by atoms with E-state index >= 15 is 0 Å². The minimum Gasteiger partial charge on any atom is -0.469 e. The molecular formula is C29H47NO7. The van der Waals surface area contributed by atoms with Crippen LogP contribution in [0.1, 0.15) is 86.0 Å². The summed E-state index contributed by atoms with van der Waals surface area (Å²) in [5.41, 5.74) is 6.48. The van der Waals surface area contributed by atoms with Gasteiger partial charge in [0.2, 0.25) is 0 Å². The fraction of sp³-hybridized carbons (Fsp3) is 0.897. The zero-order chi connectivity index (χ0) is 27.3. The van der Waals surface area contributed by atoms with Crippen molar-refractivity contribution in [2.45, 2.75) is 110 Å². The van der Waals surface area contributed by atoms with Gasteiger partial charge in [0, 0.05) is 37.6 Å². The van der Waals surface area contributed by atoms with Gasteiger partial charge in [-0.2, -0.15) is 0 Å². The summed E-state index contributed by atoms with van der Waals surface area (Å²) in [6.07, 6.45) is 4.99. The van der Waals surface area contributed by atoms with Crippen molar-refractivity contribution >= 4 is 17.9 Å². The number of hydrogen-bond acceptors (Lipinski definition) is 8. The number of carbonyl (C=O) groups is 3. The standard InChI is InChI=1S/C29H47NO7/c1-15(7-10-23(33)35-6)20-8-9-21-24-22(37-17(3)32)14-18-13-19(36-16(2)31)11-12-28(18,4)25(24)26(30)27(34)29(20,21)5/h15,18-22,24-27,34H,7-14,30H2,1-6H3/t15-,18+,19-,20-,21+,22-,24-,25-,26+,27+,28+,29-/m1/s1. The number of methoxy groups -OCH3 is 1. The summed E-state index contributed by atoms with van der Waals surface area (Å²) >= 11 is 0. The van der Waals surface area contributed by atoms with E-state index < -0.39 is 17.6 Å². The highest BCUT2D eigenvalue weighted by Crippen LogP contribution is 2.68. The molecule has 4 aliphatic carbocycles. The van der Waals surface area contributed by atoms with Crippen molar-refractivity contribution in [3.05, 3.63) is 0 Å². The highest BCUT2D eigenvalue weighted by molar-refractivity contribution is 5.69. The Hall–Kier alpha value is -1.67. The van der Waals surface area contributed by atoms with Crippen LogP contribution in [-0.2, 0) is 28.6 Å². The maximum absolute atomic E-state index is 12.3. The van der Waals surface area contributed by atoms with Crippen molar-refractivity contribution in [1.29, 1.82) is 0 Å². The van der Waals surface area contributed by atoms with Gasteiger partial charge in [-0.3, -0.25) is 14.4 Å². The molecule has 0 radical (unpaired) electrons. The average Bonchev–Trinajstić information content (AvgIpc) is 3.18. The molecule has 3 N–H and O–H groups in total. The number of aliphatic hydroxyl groups is 1. The Morgan fingerprint density at radius 2 is 1.73 bits per heavy atom. The summed E-state index contributed by atoms with van der Waals surface area (Å²) in [6.45, 7) is 9.56. The highest BCUT2D eigenvalue weighted by Gasteiger charge is 2.69. The van der Waals surface area contributed by atoms with Gasteiger partial charge in [-0.1, -0.05) is 20.8 Å². The fourth-order valence-electron chi connectivity index (χ4n) is 9.64. The minimum absolute atomic E-state index is 0.00563. The van der Waals surface area contributed by atoms with Crippen molar-refractivity contribution in [3.63, 3.8) is 0 Å². The molecule has 37 heavy (non-hydrogen) atoms. The molecule has 4 fully saturated rings. The Kier molecular flexibility index (Phi) is 8.03. The van der Waals surface area contributed by atoms with Gasteiger partial charge < -0.3 is 25.1 Å². The number of carbonyl (C=O) groups excluding carboxylic acids is 3. The average molecular weight is 522 g/mol. The van der Waals surface area contributed by atoms with Gasteiger partial charge in [0.05, 0.1) is 13.2 Å². The van der Waals surface area contributed by atoms with Crippen LogP contribution >= 0.6 is 0 Å². The van der Waals surface area contributed by atoms with Crippen LogP contribution in [0.15, 0.2) is 0 Å². The second kappa shape index (κ2) is 10.5. The normalized spacial score (nSPS) is 45.6. The summed E-state index contributed by atoms with van der Waals surface area (Å²) in [4.78, 5) is 35.8. The van der Waals surface area contributed by atoms with Gasteiger partial charge in [-0.05, 0) is 80.0 Å². The van der Waals surface area contributed by atoms with E-state index in [1.165, 1.54) is 21.0 Å². The highest BCUT2D eigenvalue weighted by atomic mass is 16.5. The fourth-order valence-corrected chi connectivity index (χ4v) is 9.64. The first-order valence-corrected chi connectivity index (χ1v) is 14.2. The SMILES string of the molecule is COC(=O)CC[C@@H](C)[C@H]1CC[C@H]2[C@H]3[C@H]([C@H](N)[C@H](O)[C@]12C)[C@@]1(C)CC[C@@H](OC(C)=O)C[C@H]1C[C@H]3OC(C)=O. The molecule has 0 aromatic carbocycles. The smallest absolute Gasteiger partial charge is 0.305 e. The summed E-state index contributed by atoms with van der Waals surface area (Å²) < 4.78 is 16.5. The molecule has 210 valence electrons. The summed E-state index contributed by atoms with van der Waals surface area (Å²) in [7, 11) is 1.41. The van der Waals surface area contributed by atoms with E-state index in [1.807, 2.05) is 0 Å². The molecule has 0 aromatic rings. The van der Waals surface area contributed by atoms with Crippen molar-refractivity contribution in [2.75, 3.05) is 7.11 Å². The largest absolute Gasteiger partial charge is 0.469 e. The molecule has 0 aliphatic heterocycles. The lowest BCUT2D eigenvalue weighted by atomic mass is 9.41. The Morgan fingerprint density at radius 3 is 2.35 bits per heavy atom. The second-order valence-corrected chi connectivity index (χ2v) is 13.0. The number of ether oxygens (including phenoxy) is 3. The first-order valence-electron chi connectivity index (χ1n) is 14.2. The molecule has 4 rings (SSSR count). The van der Waals surface area contributed by atoms with E-state index in [0.717, 1.165) is 38.5 Å². The van der Waals surface area contributed by atoms with E-state index in [2.05, 4.69) is 20.8 Å². The molecule has 0 bridgehead atoms. The van der Waals surface area contributed by atoms with Gasteiger partial charge in [0.15, 0.2) is 0 Å². The van der Waals surface area contributed by atoms with Crippen LogP contribution in [0.25, 0.3) is 0 Å². The van der Waals surface area contributed by atoms with Crippen LogP contribution in [0.4, 0.5) is 0 Å². The summed E-state index contributed by atoms with van der Waals surface area (Å²) in [6, 6.07) is -0.448. The third kappa shape index (κ3) is 4.81. The Balaban J connectivity index is 1.67. The summed E-state index contributed by atoms with van der Waals surface area (Å²) in [5.74, 6) is 0.111. The lowest BCUT2D eigenvalue weighted by Gasteiger charge is -2.65. The van der Waals surface area contributed by atoms with Crippen LogP contribution in [0.3, 0.4) is 0 Å². The zero-order valence-corrected chi connectivity index (χ0v) is 23.4. The Bertz CT molecular complexity index is 893. The molecule has 0 spiro atoms. The summed E-state index contributed by atoms with van der Waals surface area (Å²) in [5, 5.41) is 11.9. The first-order chi connectivity index (χ1) is 17.3. The van der Waals surface area contributed by atoms with Crippen LogP contribution in [0.5, 0.6) is 0 Å². The Labute approximate surface area is 221 Å². The maximum atomic E-state index is 12.3. The molecule has 0 aromatic heterocycles. The lowest BCUT2D eigenvalue weighted by molar-refractivity contribution is -0.225. The molecule has 4 aliphatic rings. The number of rotatable bonds is 6. The molecule has 0 heterocycles. The molecule has 4 saturated carbocycles. The molecule has 12 atom stereocenters. The second-order valence-electron chi connectivity index (χ2n) is 13.0. The van der Waals surface area contributed by atoms with Crippen LogP contribution in [0, 0.1) is 46.3 Å². The van der Waals surface area contributed by atoms with Crippen molar-refractivity contribution in [1.82, 2.24) is 0 Å². The first kappa shape index (κ1) is 28.3. The van der Waals surface area contributed by atoms with Crippen molar-refractivity contribution in [2.24, 2.45) is 52.1 Å². The topological polar surface area (TPSA) is 125 Å². The number of hydrogen-bond donors (Lipinski definition) is 2. The van der Waals surface area contributed by atoms with Crippen LogP contribution < -0.4 is 5.73 Å². The van der Waals surface area contributed by atoms with Crippen molar-refractivity contribution < 1.29 is 33.7 Å². The maximum Gasteiger partial charge on any atom is 0.305 e. The number of esters is 3. The third-order valence-corrected chi connectivity index (χ3v) is 11.2. The molecule has 8 nitrogen and oxygen atoms in total. The van der Waals surface area contributed by atoms with Crippen LogP contribution in [0.2, 0.25) is 0 Å². The van der Waals surface area contributed by atoms with Crippen molar-refractivity contribution in [3.8, 4) is 0 Å². The molecular weight excluding hydrogens is 474 g/mol. The van der Waals surface area contributed by atoms with Gasteiger partial charge in [-0.15, -0.1) is 0 Å². The number of nitrogens with two attached hydrogens (primary N) is 1. The van der Waals surface area contributed by atoms with Gasteiger partial charge in [-0.25, -0.2) is 0 Å². The predicted octanol–water partition coefficient (Wildman–Crippen LogP) is 3.62. The van der Waals surface area contributed by atoms with E-state index in [0.29, 0.717) is 12.8 Å². The molecule has 0 saturated heterocycles. The molecule has 0 unspecified atom stereocenters. The quantitative estimate of drug-likeness (QED) is 0.401. The van der Waals surface area contributed by atoms with Crippen LogP contribution in [-0.4, -0.2) is 54.5 Å². The molecule has 8 heteroatoms. The Morgan fingerprint density at radius 1 is 1.05 bits per heavy atom.